The van der Waals surface area contributed by atoms with Crippen molar-refractivity contribution in [3.05, 3.63) is 89.7 Å². The van der Waals surface area contributed by atoms with E-state index in [9.17, 15) is 4.79 Å². The lowest BCUT2D eigenvalue weighted by molar-refractivity contribution is 0.102. The average molecular weight is 318 g/mol. The van der Waals surface area contributed by atoms with Gasteiger partial charge in [-0.1, -0.05) is 29.8 Å². The third kappa shape index (κ3) is 4.20. The highest BCUT2D eigenvalue weighted by Crippen LogP contribution is 2.19. The number of rotatable bonds is 5. The molecule has 24 heavy (non-hydrogen) atoms. The Morgan fingerprint density at radius 1 is 1.04 bits per heavy atom. The number of carbonyl (C=O) groups is 1. The minimum atomic E-state index is -0.142. The number of hydrogen-bond acceptors (Lipinski definition) is 3. The lowest BCUT2D eigenvalue weighted by Crippen LogP contribution is -2.11. The number of anilines is 1. The van der Waals surface area contributed by atoms with E-state index in [1.807, 2.05) is 67.6 Å². The fourth-order valence-corrected chi connectivity index (χ4v) is 2.21. The van der Waals surface area contributed by atoms with Crippen LogP contribution in [0.4, 0.5) is 5.69 Å². The molecule has 0 bridgehead atoms. The van der Waals surface area contributed by atoms with Crippen molar-refractivity contribution in [3.63, 3.8) is 0 Å². The molecule has 4 heteroatoms. The highest BCUT2D eigenvalue weighted by Gasteiger charge is 2.06. The summed E-state index contributed by atoms with van der Waals surface area (Å²) in [6, 6.07) is 20.5. The zero-order chi connectivity index (χ0) is 16.8. The maximum atomic E-state index is 12.3. The van der Waals surface area contributed by atoms with Crippen LogP contribution in [-0.2, 0) is 6.61 Å². The van der Waals surface area contributed by atoms with E-state index in [-0.39, 0.29) is 5.91 Å². The van der Waals surface area contributed by atoms with E-state index < -0.39 is 0 Å². The van der Waals surface area contributed by atoms with Crippen molar-refractivity contribution in [1.29, 1.82) is 0 Å². The number of amides is 1. The summed E-state index contributed by atoms with van der Waals surface area (Å²) in [6.45, 7) is 2.38. The Bertz CT molecular complexity index is 815. The highest BCUT2D eigenvalue weighted by molar-refractivity contribution is 6.04. The summed E-state index contributed by atoms with van der Waals surface area (Å²) < 4.78 is 5.72. The van der Waals surface area contributed by atoms with E-state index >= 15 is 0 Å². The minimum Gasteiger partial charge on any atom is -0.487 e. The van der Waals surface area contributed by atoms with Gasteiger partial charge in [0, 0.05) is 23.5 Å². The normalized spacial score (nSPS) is 10.2. The van der Waals surface area contributed by atoms with Gasteiger partial charge in [0.15, 0.2) is 0 Å². The first kappa shape index (κ1) is 15.7. The van der Waals surface area contributed by atoms with E-state index in [4.69, 9.17) is 4.74 Å². The molecular formula is C20H18N2O2. The number of pyridine rings is 1. The molecule has 0 aliphatic heterocycles. The number of nitrogens with one attached hydrogen (secondary N) is 1. The van der Waals surface area contributed by atoms with Crippen molar-refractivity contribution in [2.24, 2.45) is 0 Å². The van der Waals surface area contributed by atoms with Crippen LogP contribution >= 0.6 is 0 Å². The Labute approximate surface area is 141 Å². The Hall–Kier alpha value is -3.14. The Kier molecular flexibility index (Phi) is 4.87. The number of hydrogen-bond donors (Lipinski definition) is 1. The molecule has 0 atom stereocenters. The van der Waals surface area contributed by atoms with Crippen LogP contribution in [0.2, 0.25) is 0 Å². The van der Waals surface area contributed by atoms with Gasteiger partial charge in [0.1, 0.15) is 12.4 Å². The summed E-state index contributed by atoms with van der Waals surface area (Å²) in [5, 5.41) is 2.88. The molecule has 0 radical (unpaired) electrons. The van der Waals surface area contributed by atoms with Crippen LogP contribution in [0.25, 0.3) is 0 Å². The van der Waals surface area contributed by atoms with Crippen LogP contribution < -0.4 is 10.1 Å². The first-order valence-electron chi connectivity index (χ1n) is 7.71. The quantitative estimate of drug-likeness (QED) is 0.766. The van der Waals surface area contributed by atoms with E-state index in [0.29, 0.717) is 23.6 Å². The number of ether oxygens (including phenoxy) is 1. The van der Waals surface area contributed by atoms with Crippen molar-refractivity contribution in [2.75, 3.05) is 5.32 Å². The minimum absolute atomic E-state index is 0.142. The lowest BCUT2D eigenvalue weighted by atomic mass is 10.1. The third-order valence-electron chi connectivity index (χ3n) is 3.52. The van der Waals surface area contributed by atoms with Crippen LogP contribution in [0.3, 0.4) is 0 Å². The molecule has 1 heterocycles. The maximum absolute atomic E-state index is 12.3. The van der Waals surface area contributed by atoms with Gasteiger partial charge >= 0.3 is 0 Å². The zero-order valence-corrected chi connectivity index (χ0v) is 13.4. The Morgan fingerprint density at radius 3 is 2.62 bits per heavy atom. The highest BCUT2D eigenvalue weighted by atomic mass is 16.5. The summed E-state index contributed by atoms with van der Waals surface area (Å²) in [4.78, 5) is 16.5. The SMILES string of the molecule is Cc1ccc(C(=O)Nc2cccc(OCc3ccccn3)c2)cc1. The number of carbonyl (C=O) groups excluding carboxylic acids is 1. The molecule has 0 fully saturated rings. The molecule has 0 saturated carbocycles. The van der Waals surface area contributed by atoms with Crippen molar-refractivity contribution >= 4 is 11.6 Å². The van der Waals surface area contributed by atoms with Crippen molar-refractivity contribution in [1.82, 2.24) is 4.98 Å². The summed E-state index contributed by atoms with van der Waals surface area (Å²) in [7, 11) is 0. The van der Waals surface area contributed by atoms with Gasteiger partial charge in [0.25, 0.3) is 5.91 Å². The van der Waals surface area contributed by atoms with Gasteiger partial charge in [-0.3, -0.25) is 9.78 Å². The summed E-state index contributed by atoms with van der Waals surface area (Å²) in [5.41, 5.74) is 3.29. The van der Waals surface area contributed by atoms with Gasteiger partial charge in [-0.15, -0.1) is 0 Å². The molecule has 0 aliphatic carbocycles. The van der Waals surface area contributed by atoms with Gasteiger partial charge in [-0.25, -0.2) is 0 Å². The van der Waals surface area contributed by atoms with E-state index in [1.165, 1.54) is 0 Å². The van der Waals surface area contributed by atoms with E-state index in [2.05, 4.69) is 10.3 Å². The first-order chi connectivity index (χ1) is 11.7. The number of aromatic nitrogens is 1. The molecule has 0 unspecified atom stereocenters. The molecule has 1 aromatic heterocycles. The smallest absolute Gasteiger partial charge is 0.255 e. The maximum Gasteiger partial charge on any atom is 0.255 e. The third-order valence-corrected chi connectivity index (χ3v) is 3.52. The second-order valence-corrected chi connectivity index (χ2v) is 5.46. The molecule has 0 aliphatic rings. The molecule has 1 N–H and O–H groups in total. The average Bonchev–Trinajstić information content (AvgIpc) is 2.62. The van der Waals surface area contributed by atoms with Crippen LogP contribution in [0.1, 0.15) is 21.6 Å². The molecule has 1 amide bonds. The lowest BCUT2D eigenvalue weighted by Gasteiger charge is -2.09. The molecule has 0 saturated heterocycles. The fourth-order valence-electron chi connectivity index (χ4n) is 2.21. The molecule has 2 aromatic carbocycles. The molecular weight excluding hydrogens is 300 g/mol. The molecule has 3 aromatic rings. The number of aryl methyl sites for hydroxylation is 1. The summed E-state index contributed by atoms with van der Waals surface area (Å²) in [6.07, 6.45) is 1.73. The van der Waals surface area contributed by atoms with Crippen LogP contribution in [-0.4, -0.2) is 10.9 Å². The van der Waals surface area contributed by atoms with E-state index in [0.717, 1.165) is 11.3 Å². The van der Waals surface area contributed by atoms with Gasteiger partial charge in [-0.2, -0.15) is 0 Å². The predicted octanol–water partition coefficient (Wildman–Crippen LogP) is 4.22. The van der Waals surface area contributed by atoms with Gasteiger partial charge in [-0.05, 0) is 43.3 Å². The molecule has 120 valence electrons. The van der Waals surface area contributed by atoms with Gasteiger partial charge in [0.2, 0.25) is 0 Å². The fraction of sp³-hybridized carbons (Fsp3) is 0.100. The molecule has 4 nitrogen and oxygen atoms in total. The number of nitrogens with zero attached hydrogens (tertiary/aromatic N) is 1. The number of benzene rings is 2. The van der Waals surface area contributed by atoms with Crippen LogP contribution in [0.15, 0.2) is 72.9 Å². The van der Waals surface area contributed by atoms with Crippen LogP contribution in [0.5, 0.6) is 5.75 Å². The van der Waals surface area contributed by atoms with Crippen molar-refractivity contribution in [2.45, 2.75) is 13.5 Å². The second kappa shape index (κ2) is 7.42. The van der Waals surface area contributed by atoms with Gasteiger partial charge < -0.3 is 10.1 Å². The predicted molar refractivity (Wildman–Crippen MR) is 94.1 cm³/mol. The zero-order valence-electron chi connectivity index (χ0n) is 13.4. The Balaban J connectivity index is 1.64. The molecule has 3 rings (SSSR count). The second-order valence-electron chi connectivity index (χ2n) is 5.46. The van der Waals surface area contributed by atoms with Crippen molar-refractivity contribution in [3.8, 4) is 5.75 Å². The topological polar surface area (TPSA) is 51.2 Å². The summed E-state index contributed by atoms with van der Waals surface area (Å²) >= 11 is 0. The van der Waals surface area contributed by atoms with Crippen molar-refractivity contribution < 1.29 is 9.53 Å². The largest absolute Gasteiger partial charge is 0.487 e. The van der Waals surface area contributed by atoms with Crippen LogP contribution in [0, 0.1) is 6.92 Å². The Morgan fingerprint density at radius 2 is 1.88 bits per heavy atom. The standard InChI is InChI=1S/C20H18N2O2/c1-15-8-10-16(11-9-15)20(23)22-17-6-4-7-19(13-17)24-14-18-5-2-3-12-21-18/h2-13H,14H2,1H3,(H,22,23). The monoisotopic (exact) mass is 318 g/mol. The molecule has 0 spiro atoms. The summed E-state index contributed by atoms with van der Waals surface area (Å²) in [5.74, 6) is 0.541. The van der Waals surface area contributed by atoms with Gasteiger partial charge in [0.05, 0.1) is 5.69 Å². The first-order valence-corrected chi connectivity index (χ1v) is 7.71. The van der Waals surface area contributed by atoms with E-state index in [1.54, 1.807) is 12.3 Å².